The van der Waals surface area contributed by atoms with Crippen LogP contribution in [0.2, 0.25) is 0 Å². The summed E-state index contributed by atoms with van der Waals surface area (Å²) in [6, 6.07) is 0.0766. The van der Waals surface area contributed by atoms with Crippen LogP contribution in [0.25, 0.3) is 0 Å². The Morgan fingerprint density at radius 2 is 2.12 bits per heavy atom. The monoisotopic (exact) mass is 238 g/mol. The summed E-state index contributed by atoms with van der Waals surface area (Å²) < 4.78 is 0. The lowest BCUT2D eigenvalue weighted by Gasteiger charge is -2.31. The van der Waals surface area contributed by atoms with Gasteiger partial charge in [-0.25, -0.2) is 0 Å². The number of hydrogen-bond donors (Lipinski definition) is 1. The van der Waals surface area contributed by atoms with E-state index in [1.165, 1.54) is 19.3 Å². The molecular weight excluding hydrogens is 212 g/mol. The Morgan fingerprint density at radius 3 is 2.71 bits per heavy atom. The fraction of sp³-hybridized carbons (Fsp3) is 0.929. The minimum absolute atomic E-state index is 0.0766. The van der Waals surface area contributed by atoms with Crippen LogP contribution in [0.4, 0.5) is 0 Å². The zero-order valence-corrected chi connectivity index (χ0v) is 11.4. The van der Waals surface area contributed by atoms with E-state index in [9.17, 15) is 4.79 Å². The van der Waals surface area contributed by atoms with Crippen molar-refractivity contribution in [1.29, 1.82) is 0 Å². The molecule has 1 aliphatic heterocycles. The van der Waals surface area contributed by atoms with Crippen LogP contribution in [-0.4, -0.2) is 37.0 Å². The molecule has 1 amide bonds. The van der Waals surface area contributed by atoms with Crippen molar-refractivity contribution in [2.24, 2.45) is 17.8 Å². The van der Waals surface area contributed by atoms with Gasteiger partial charge in [0.15, 0.2) is 0 Å². The minimum atomic E-state index is 0.0766. The number of carbonyl (C=O) groups is 1. The minimum Gasteiger partial charge on any atom is -0.344 e. The van der Waals surface area contributed by atoms with Crippen molar-refractivity contribution in [3.05, 3.63) is 0 Å². The average Bonchev–Trinajstić information content (AvgIpc) is 3.04. The number of nitrogens with zero attached hydrogens (tertiary/aromatic N) is 1. The zero-order valence-electron chi connectivity index (χ0n) is 11.4. The van der Waals surface area contributed by atoms with Crippen molar-refractivity contribution in [2.75, 3.05) is 20.1 Å². The number of likely N-dealkylation sites (N-methyl/N-ethyl adjacent to an activating group) is 1. The molecule has 0 spiro atoms. The van der Waals surface area contributed by atoms with Crippen LogP contribution in [0.3, 0.4) is 0 Å². The molecule has 1 N–H and O–H groups in total. The van der Waals surface area contributed by atoms with E-state index in [1.807, 2.05) is 11.9 Å². The van der Waals surface area contributed by atoms with Crippen LogP contribution in [-0.2, 0) is 4.79 Å². The third-order valence-corrected chi connectivity index (χ3v) is 4.55. The highest BCUT2D eigenvalue weighted by molar-refractivity contribution is 5.81. The lowest BCUT2D eigenvalue weighted by atomic mass is 9.90. The molecule has 1 saturated carbocycles. The second-order valence-corrected chi connectivity index (χ2v) is 6.00. The smallest absolute Gasteiger partial charge is 0.239 e. The van der Waals surface area contributed by atoms with Crippen molar-refractivity contribution >= 4 is 5.91 Å². The predicted octanol–water partition coefficient (Wildman–Crippen LogP) is 1.88. The van der Waals surface area contributed by atoms with Crippen LogP contribution in [0.5, 0.6) is 0 Å². The second-order valence-electron chi connectivity index (χ2n) is 6.00. The summed E-state index contributed by atoms with van der Waals surface area (Å²) in [7, 11) is 1.96. The quantitative estimate of drug-likeness (QED) is 0.811. The second kappa shape index (κ2) is 5.38. The molecule has 17 heavy (non-hydrogen) atoms. The normalized spacial score (nSPS) is 36.6. The third kappa shape index (κ3) is 3.21. The highest BCUT2D eigenvalue weighted by Crippen LogP contribution is 2.38. The summed E-state index contributed by atoms with van der Waals surface area (Å²) in [6.45, 7) is 6.46. The molecule has 0 aromatic rings. The van der Waals surface area contributed by atoms with Crippen LogP contribution >= 0.6 is 0 Å². The summed E-state index contributed by atoms with van der Waals surface area (Å²) >= 11 is 0. The van der Waals surface area contributed by atoms with E-state index in [-0.39, 0.29) is 6.04 Å². The summed E-state index contributed by atoms with van der Waals surface area (Å²) in [6.07, 6.45) is 4.76. The number of rotatable bonds is 4. The van der Waals surface area contributed by atoms with Gasteiger partial charge in [0.1, 0.15) is 0 Å². The Balaban J connectivity index is 1.81. The van der Waals surface area contributed by atoms with Gasteiger partial charge in [0.05, 0.1) is 6.04 Å². The van der Waals surface area contributed by atoms with Gasteiger partial charge in [-0.2, -0.15) is 0 Å². The van der Waals surface area contributed by atoms with Crippen molar-refractivity contribution < 1.29 is 4.79 Å². The van der Waals surface area contributed by atoms with Crippen molar-refractivity contribution in [2.45, 2.75) is 45.6 Å². The Hall–Kier alpha value is -0.570. The van der Waals surface area contributed by atoms with Gasteiger partial charge in [-0.1, -0.05) is 20.3 Å². The largest absolute Gasteiger partial charge is 0.344 e. The summed E-state index contributed by atoms with van der Waals surface area (Å²) in [5, 5.41) is 3.38. The van der Waals surface area contributed by atoms with Gasteiger partial charge < -0.3 is 10.2 Å². The van der Waals surface area contributed by atoms with E-state index in [2.05, 4.69) is 19.2 Å². The first-order valence-corrected chi connectivity index (χ1v) is 7.10. The van der Waals surface area contributed by atoms with Gasteiger partial charge in [0.25, 0.3) is 0 Å². The first-order chi connectivity index (χ1) is 8.11. The molecule has 0 aromatic heterocycles. The maximum atomic E-state index is 12.3. The number of hydrogen-bond acceptors (Lipinski definition) is 2. The topological polar surface area (TPSA) is 32.3 Å². The van der Waals surface area contributed by atoms with Crippen molar-refractivity contribution in [3.8, 4) is 0 Å². The van der Waals surface area contributed by atoms with Crippen LogP contribution in [0, 0.1) is 17.8 Å². The molecular formula is C14H26N2O. The first kappa shape index (κ1) is 12.9. The van der Waals surface area contributed by atoms with Gasteiger partial charge >= 0.3 is 0 Å². The van der Waals surface area contributed by atoms with Crippen molar-refractivity contribution in [1.82, 2.24) is 10.2 Å². The molecule has 4 atom stereocenters. The summed E-state index contributed by atoms with van der Waals surface area (Å²) in [4.78, 5) is 14.2. The SMILES string of the molecule is CCC1CCNC(C(=O)N(C)CC2CC2C)C1. The maximum Gasteiger partial charge on any atom is 0.239 e. The molecule has 2 aliphatic rings. The molecule has 1 saturated heterocycles. The molecule has 0 aromatic carbocycles. The molecule has 1 aliphatic carbocycles. The molecule has 2 fully saturated rings. The molecule has 0 bridgehead atoms. The summed E-state index contributed by atoms with van der Waals surface area (Å²) in [5.41, 5.74) is 0. The Morgan fingerprint density at radius 1 is 1.41 bits per heavy atom. The lowest BCUT2D eigenvalue weighted by molar-refractivity contribution is -0.133. The van der Waals surface area contributed by atoms with Gasteiger partial charge in [-0.15, -0.1) is 0 Å². The fourth-order valence-corrected chi connectivity index (χ4v) is 2.92. The maximum absolute atomic E-state index is 12.3. The van der Waals surface area contributed by atoms with Gasteiger partial charge in [0.2, 0.25) is 5.91 Å². The third-order valence-electron chi connectivity index (χ3n) is 4.55. The Labute approximate surface area is 105 Å². The molecule has 98 valence electrons. The number of amides is 1. The van der Waals surface area contributed by atoms with E-state index in [0.717, 1.165) is 37.3 Å². The highest BCUT2D eigenvalue weighted by Gasteiger charge is 2.36. The standard InChI is InChI=1S/C14H26N2O/c1-4-11-5-6-15-13(8-11)14(17)16(3)9-12-7-10(12)2/h10-13,15H,4-9H2,1-3H3. The molecule has 3 heteroatoms. The Kier molecular flexibility index (Phi) is 4.08. The van der Waals surface area contributed by atoms with Crippen molar-refractivity contribution in [3.63, 3.8) is 0 Å². The molecule has 3 nitrogen and oxygen atoms in total. The lowest BCUT2D eigenvalue weighted by Crippen LogP contribution is -2.49. The van der Waals surface area contributed by atoms with E-state index >= 15 is 0 Å². The number of nitrogens with one attached hydrogen (secondary N) is 1. The van der Waals surface area contributed by atoms with Crippen LogP contribution in [0.15, 0.2) is 0 Å². The first-order valence-electron chi connectivity index (χ1n) is 7.10. The van der Waals surface area contributed by atoms with Gasteiger partial charge in [-0.3, -0.25) is 4.79 Å². The molecule has 1 heterocycles. The van der Waals surface area contributed by atoms with E-state index < -0.39 is 0 Å². The average molecular weight is 238 g/mol. The molecule has 4 unspecified atom stereocenters. The number of piperidine rings is 1. The zero-order chi connectivity index (χ0) is 12.4. The van der Waals surface area contributed by atoms with E-state index in [4.69, 9.17) is 0 Å². The van der Waals surface area contributed by atoms with Crippen LogP contribution < -0.4 is 5.32 Å². The molecule has 0 radical (unpaired) electrons. The summed E-state index contributed by atoms with van der Waals surface area (Å²) in [5.74, 6) is 2.63. The predicted molar refractivity (Wildman–Crippen MR) is 69.7 cm³/mol. The van der Waals surface area contributed by atoms with E-state index in [1.54, 1.807) is 0 Å². The van der Waals surface area contributed by atoms with E-state index in [0.29, 0.717) is 5.91 Å². The highest BCUT2D eigenvalue weighted by atomic mass is 16.2. The fourth-order valence-electron chi connectivity index (χ4n) is 2.92. The molecule has 2 rings (SSSR count). The Bertz CT molecular complexity index is 279. The van der Waals surface area contributed by atoms with Gasteiger partial charge in [0, 0.05) is 13.6 Å². The number of carbonyl (C=O) groups excluding carboxylic acids is 1. The van der Waals surface area contributed by atoms with Gasteiger partial charge in [-0.05, 0) is 43.6 Å². The van der Waals surface area contributed by atoms with Crippen LogP contribution in [0.1, 0.15) is 39.5 Å².